The molecule has 0 N–H and O–H groups in total. The lowest BCUT2D eigenvalue weighted by Gasteiger charge is -2.06. The summed E-state index contributed by atoms with van der Waals surface area (Å²) in [6, 6.07) is -1.06. The third-order valence-electron chi connectivity index (χ3n) is 1.17. The van der Waals surface area contributed by atoms with Crippen molar-refractivity contribution in [2.75, 3.05) is 0 Å². The lowest BCUT2D eigenvalue weighted by molar-refractivity contribution is 1.06. The number of hydrogen-bond acceptors (Lipinski definition) is 1. The first-order valence-electron chi connectivity index (χ1n) is 7.57. The fourth-order valence-electron chi connectivity index (χ4n) is 0.642. The lowest BCUT2D eigenvalue weighted by atomic mass is 10.1. The average Bonchev–Trinajstić information content (AvgIpc) is 2.45. The zero-order chi connectivity index (χ0) is 15.4. The molecule has 1 aliphatic heterocycles. The molecule has 62 valence electrons. The van der Waals surface area contributed by atoms with Crippen molar-refractivity contribution in [3.8, 4) is 0 Å². The Morgan fingerprint density at radius 1 is 2.00 bits per heavy atom. The van der Waals surface area contributed by atoms with Crippen molar-refractivity contribution in [2.45, 2.75) is 12.8 Å². The molecule has 0 saturated heterocycles. The second-order valence-corrected chi connectivity index (χ2v) is 1.97. The molecule has 0 bridgehead atoms. The molecule has 0 amide bonds. The minimum atomic E-state index is -1.27. The van der Waals surface area contributed by atoms with Crippen LogP contribution in [0.25, 0.3) is 0 Å². The summed E-state index contributed by atoms with van der Waals surface area (Å²) in [6.07, 6.45) is -1.85. The van der Waals surface area contributed by atoms with Gasteiger partial charge in [0.25, 0.3) is 0 Å². The van der Waals surface area contributed by atoms with Crippen LogP contribution >= 0.6 is 0 Å². The van der Waals surface area contributed by atoms with Crippen molar-refractivity contribution >= 4 is 5.71 Å². The maximum absolute atomic E-state index is 7.82. The predicted octanol–water partition coefficient (Wildman–Crippen LogP) is 3.03. The topological polar surface area (TPSA) is 12.4 Å². The normalized spacial score (nSPS) is 44.0. The fourth-order valence-corrected chi connectivity index (χ4v) is 0.642. The van der Waals surface area contributed by atoms with Crippen LogP contribution in [-0.2, 0) is 0 Å². The molecular weight excluding hydrogens is 146 g/mol. The Bertz CT molecular complexity index is 543. The van der Waals surface area contributed by atoms with Crippen LogP contribution in [0.1, 0.15) is 23.8 Å². The van der Waals surface area contributed by atoms with Gasteiger partial charge < -0.3 is 0 Å². The first kappa shape index (κ1) is 2.84. The average molecular weight is 167 g/mol. The van der Waals surface area contributed by atoms with Crippen LogP contribution in [0, 0.1) is 0 Å². The Balaban J connectivity index is 3.25. The molecule has 0 aromatic carbocycles. The second kappa shape index (κ2) is 4.50. The molecule has 0 spiro atoms. The zero-order valence-corrected chi connectivity index (χ0v) is 6.33. The van der Waals surface area contributed by atoms with E-state index in [1.165, 1.54) is 0 Å². The van der Waals surface area contributed by atoms with Gasteiger partial charge in [-0.2, -0.15) is 0 Å². The molecule has 12 heavy (non-hydrogen) atoms. The first-order valence-corrected chi connectivity index (χ1v) is 3.26. The number of hydrogen-bond donors (Lipinski definition) is 0. The summed E-state index contributed by atoms with van der Waals surface area (Å²) in [6.45, 7) is 1.49. The van der Waals surface area contributed by atoms with E-state index in [4.69, 9.17) is 11.0 Å². The van der Waals surface area contributed by atoms with Crippen molar-refractivity contribution in [2.24, 2.45) is 4.99 Å². The Morgan fingerprint density at radius 3 is 3.83 bits per heavy atom. The van der Waals surface area contributed by atoms with Crippen molar-refractivity contribution in [3.63, 3.8) is 0 Å². The lowest BCUT2D eigenvalue weighted by Crippen LogP contribution is -2.01. The predicted molar refractivity (Wildman–Crippen MR) is 54.3 cm³/mol. The summed E-state index contributed by atoms with van der Waals surface area (Å²) in [5, 5.41) is 0. The van der Waals surface area contributed by atoms with Gasteiger partial charge in [-0.15, -0.1) is 0 Å². The molecular formula is C11H13N. The van der Waals surface area contributed by atoms with Crippen LogP contribution in [0.15, 0.2) is 54.1 Å². The molecule has 0 saturated carbocycles. The summed E-state index contributed by atoms with van der Waals surface area (Å²) >= 11 is 0. The van der Waals surface area contributed by atoms with Crippen LogP contribution in [-0.4, -0.2) is 5.71 Å². The van der Waals surface area contributed by atoms with Gasteiger partial charge >= 0.3 is 0 Å². The Labute approximate surface area is 84.8 Å². The number of allylic oxidation sites excluding steroid dienone is 5. The number of rotatable bonds is 3. The van der Waals surface area contributed by atoms with E-state index < -0.39 is 19.0 Å². The van der Waals surface area contributed by atoms with Gasteiger partial charge in [0.05, 0.1) is 8.22 Å². The van der Waals surface area contributed by atoms with E-state index in [2.05, 4.69) is 4.99 Å². The van der Waals surface area contributed by atoms with Crippen molar-refractivity contribution in [3.05, 3.63) is 49.1 Å². The van der Waals surface area contributed by atoms with Gasteiger partial charge in [-0.1, -0.05) is 37.3 Å². The third kappa shape index (κ3) is 2.35. The Hall–Kier alpha value is -1.37. The van der Waals surface area contributed by atoms with Gasteiger partial charge in [0.2, 0.25) is 0 Å². The van der Waals surface area contributed by atoms with Gasteiger partial charge in [0.15, 0.2) is 0 Å². The summed E-state index contributed by atoms with van der Waals surface area (Å²) in [5.41, 5.74) is -0.0281. The van der Waals surface area contributed by atoms with Gasteiger partial charge in [0.1, 0.15) is 0 Å². The SMILES string of the molecule is [2H]C=C([2H])C([2H])=CC(=C[2H])C1=NC([2H])=C([2H])C([2H])C1[2H]. The largest absolute Gasteiger partial charge is 0.261 e. The molecule has 1 heteroatoms. The standard InChI is InChI=1S/C11H13N/c1-3-4-7-10(2)11-8-5-6-9-12-11/h3-4,6-7,9H,1-2,5,8H2/i1D,2D,3D,4D,5D,6D,8D,9D. The molecule has 0 radical (unpaired) electrons. The summed E-state index contributed by atoms with van der Waals surface area (Å²) in [7, 11) is 0. The smallest absolute Gasteiger partial charge is 0.0836 e. The molecule has 1 heterocycles. The Morgan fingerprint density at radius 2 is 3.00 bits per heavy atom. The molecule has 0 aromatic heterocycles. The van der Waals surface area contributed by atoms with Crippen LogP contribution in [0.3, 0.4) is 0 Å². The van der Waals surface area contributed by atoms with E-state index in [1.54, 1.807) is 0 Å². The molecule has 1 nitrogen and oxygen atoms in total. The van der Waals surface area contributed by atoms with Crippen molar-refractivity contribution in [1.29, 1.82) is 0 Å². The quantitative estimate of drug-likeness (QED) is 0.573. The molecule has 0 fully saturated rings. The van der Waals surface area contributed by atoms with Crippen LogP contribution in [0.2, 0.25) is 0 Å². The van der Waals surface area contributed by atoms with E-state index in [-0.39, 0.29) is 29.4 Å². The highest BCUT2D eigenvalue weighted by molar-refractivity contribution is 6.02. The minimum Gasteiger partial charge on any atom is -0.261 e. The van der Waals surface area contributed by atoms with E-state index >= 15 is 0 Å². The van der Waals surface area contributed by atoms with Crippen molar-refractivity contribution in [1.82, 2.24) is 0 Å². The highest BCUT2D eigenvalue weighted by Gasteiger charge is 2.02. The molecule has 1 aliphatic rings. The fraction of sp³-hybridized carbons (Fsp3) is 0.182. The van der Waals surface area contributed by atoms with Crippen LogP contribution < -0.4 is 0 Å². The highest BCUT2D eigenvalue weighted by Crippen LogP contribution is 2.09. The summed E-state index contributed by atoms with van der Waals surface area (Å²) < 4.78 is 59.4. The first-order chi connectivity index (χ1) is 9.33. The van der Waals surface area contributed by atoms with Gasteiger partial charge in [-0.3, -0.25) is 4.99 Å². The van der Waals surface area contributed by atoms with Crippen molar-refractivity contribution < 1.29 is 11.0 Å². The molecule has 1 rings (SSSR count). The monoisotopic (exact) mass is 167 g/mol. The zero-order valence-electron chi connectivity index (χ0n) is 14.3. The van der Waals surface area contributed by atoms with E-state index in [1.807, 2.05) is 0 Å². The molecule has 0 aliphatic carbocycles. The molecule has 2 atom stereocenters. The van der Waals surface area contributed by atoms with Crippen LogP contribution in [0.4, 0.5) is 0 Å². The highest BCUT2D eigenvalue weighted by atomic mass is 14.7. The molecule has 0 aromatic rings. The maximum atomic E-state index is 7.82. The third-order valence-corrected chi connectivity index (χ3v) is 1.17. The summed E-state index contributed by atoms with van der Waals surface area (Å²) in [5.74, 6) is 0. The number of aliphatic imine (C=N–C) groups is 1. The summed E-state index contributed by atoms with van der Waals surface area (Å²) in [4.78, 5) is 3.73. The van der Waals surface area contributed by atoms with Gasteiger partial charge in [-0.05, 0) is 18.4 Å². The van der Waals surface area contributed by atoms with E-state index in [0.29, 0.717) is 6.55 Å². The van der Waals surface area contributed by atoms with E-state index in [0.717, 1.165) is 12.6 Å². The minimum absolute atomic E-state index is 0.0242. The molecule has 2 unspecified atom stereocenters. The maximum Gasteiger partial charge on any atom is 0.0836 e. The van der Waals surface area contributed by atoms with Gasteiger partial charge in [-0.25, -0.2) is 0 Å². The Kier molecular flexibility index (Phi) is 1.06. The second-order valence-electron chi connectivity index (χ2n) is 1.97. The number of nitrogens with zero attached hydrogens (tertiary/aromatic N) is 1. The van der Waals surface area contributed by atoms with Gasteiger partial charge in [0, 0.05) is 14.6 Å². The van der Waals surface area contributed by atoms with Crippen LogP contribution in [0.5, 0.6) is 0 Å². The van der Waals surface area contributed by atoms with E-state index in [9.17, 15) is 0 Å².